The van der Waals surface area contributed by atoms with Gasteiger partial charge in [0.2, 0.25) is 0 Å². The van der Waals surface area contributed by atoms with E-state index in [2.05, 4.69) is 17.5 Å². The Hall–Kier alpha value is -2.12. The average molecular weight is 375 g/mol. The summed E-state index contributed by atoms with van der Waals surface area (Å²) in [6.07, 6.45) is -4.42. The number of hydrogen-bond donors (Lipinski definition) is 2. The highest BCUT2D eigenvalue weighted by atomic mass is 35.5. The van der Waals surface area contributed by atoms with Crippen molar-refractivity contribution in [2.45, 2.75) is 13.1 Å². The van der Waals surface area contributed by atoms with Gasteiger partial charge in [-0.15, -0.1) is 0 Å². The van der Waals surface area contributed by atoms with Crippen LogP contribution >= 0.6 is 23.8 Å². The second-order valence-electron chi connectivity index (χ2n) is 4.68. The van der Waals surface area contributed by atoms with Gasteiger partial charge in [-0.05, 0) is 48.4 Å². The topological polar surface area (TPSA) is 55.1 Å². The van der Waals surface area contributed by atoms with Crippen molar-refractivity contribution in [3.63, 3.8) is 0 Å². The third kappa shape index (κ3) is 6.55. The van der Waals surface area contributed by atoms with E-state index in [4.69, 9.17) is 17.3 Å². The number of halogens is 4. The van der Waals surface area contributed by atoms with Gasteiger partial charge in [-0.1, -0.05) is 36.4 Å². The van der Waals surface area contributed by atoms with E-state index in [1.807, 2.05) is 6.07 Å². The number of aryl methyl sites for hydroxylation is 1. The number of carbonyl (C=O) groups excluding carboxylic acids is 1. The maximum Gasteiger partial charge on any atom is 0.418 e. The predicted octanol–water partition coefficient (Wildman–Crippen LogP) is 4.73. The van der Waals surface area contributed by atoms with Crippen LogP contribution in [0.3, 0.4) is 0 Å². The molecule has 0 spiro atoms. The lowest BCUT2D eigenvalue weighted by Crippen LogP contribution is -2.21. The molecule has 0 aliphatic carbocycles. The highest BCUT2D eigenvalue weighted by Gasteiger charge is 2.33. The summed E-state index contributed by atoms with van der Waals surface area (Å²) < 4.78 is 37.5. The van der Waals surface area contributed by atoms with Crippen LogP contribution in [0.2, 0.25) is 0 Å². The predicted molar refractivity (Wildman–Crippen MR) is 93.2 cm³/mol. The minimum atomic E-state index is -4.42. The van der Waals surface area contributed by atoms with Crippen LogP contribution in [0, 0.1) is 6.92 Å². The first-order valence-electron chi connectivity index (χ1n) is 6.60. The third-order valence-electron chi connectivity index (χ3n) is 2.74. The lowest BCUT2D eigenvalue weighted by atomic mass is 10.1. The van der Waals surface area contributed by atoms with Gasteiger partial charge in [0.05, 0.1) is 11.3 Å². The summed E-state index contributed by atoms with van der Waals surface area (Å²) >= 11 is 9.67. The minimum Gasteiger partial charge on any atom is -0.376 e. The van der Waals surface area contributed by atoms with Crippen LogP contribution in [0.4, 0.5) is 18.9 Å². The van der Waals surface area contributed by atoms with Gasteiger partial charge in [-0.25, -0.2) is 0 Å². The number of benzene rings is 2. The van der Waals surface area contributed by atoms with Crippen molar-refractivity contribution < 1.29 is 18.0 Å². The molecule has 2 aromatic carbocycles. The SMILES string of the molecule is Cc1ccc(C(F)(F)F)c(NC(N)=S)c1.O=C(Cl)c1ccccc1. The van der Waals surface area contributed by atoms with Crippen molar-refractivity contribution in [3.8, 4) is 0 Å². The van der Waals surface area contributed by atoms with Crippen LogP contribution in [-0.2, 0) is 6.18 Å². The smallest absolute Gasteiger partial charge is 0.376 e. The lowest BCUT2D eigenvalue weighted by molar-refractivity contribution is -0.136. The quantitative estimate of drug-likeness (QED) is 0.589. The number of rotatable bonds is 2. The van der Waals surface area contributed by atoms with Gasteiger partial charge in [0, 0.05) is 5.56 Å². The molecule has 0 aromatic heterocycles. The fourth-order valence-electron chi connectivity index (χ4n) is 1.71. The van der Waals surface area contributed by atoms with Crippen LogP contribution in [0.15, 0.2) is 48.5 Å². The van der Waals surface area contributed by atoms with Crippen molar-refractivity contribution in [1.82, 2.24) is 0 Å². The average Bonchev–Trinajstić information content (AvgIpc) is 2.47. The van der Waals surface area contributed by atoms with Gasteiger partial charge in [0.25, 0.3) is 5.24 Å². The highest BCUT2D eigenvalue weighted by Crippen LogP contribution is 2.35. The fraction of sp³-hybridized carbons (Fsp3) is 0.125. The molecule has 128 valence electrons. The van der Waals surface area contributed by atoms with Crippen LogP contribution in [0.5, 0.6) is 0 Å². The van der Waals surface area contributed by atoms with E-state index in [1.165, 1.54) is 12.1 Å². The number of nitrogens with two attached hydrogens (primary N) is 1. The standard InChI is InChI=1S/C9H9F3N2S.C7H5ClO/c1-5-2-3-6(9(10,11)12)7(4-5)14-8(13)15;8-7(9)6-4-2-1-3-5-6/h2-4H,1H3,(H3,13,14,15);1-5H. The number of hydrogen-bond acceptors (Lipinski definition) is 2. The molecule has 0 bridgehead atoms. The molecule has 0 atom stereocenters. The summed E-state index contributed by atoms with van der Waals surface area (Å²) in [5.41, 5.74) is 5.48. The van der Waals surface area contributed by atoms with Gasteiger partial charge in [-0.2, -0.15) is 13.2 Å². The summed E-state index contributed by atoms with van der Waals surface area (Å²) in [4.78, 5) is 10.4. The maximum atomic E-state index is 12.5. The zero-order valence-electron chi connectivity index (χ0n) is 12.5. The van der Waals surface area contributed by atoms with E-state index < -0.39 is 17.0 Å². The maximum absolute atomic E-state index is 12.5. The molecule has 0 amide bonds. The number of alkyl halides is 3. The minimum absolute atomic E-state index is 0.116. The van der Waals surface area contributed by atoms with Gasteiger partial charge in [0.15, 0.2) is 5.11 Å². The Morgan fingerprint density at radius 2 is 1.75 bits per heavy atom. The molecule has 0 heterocycles. The van der Waals surface area contributed by atoms with E-state index >= 15 is 0 Å². The van der Waals surface area contributed by atoms with Crippen LogP contribution in [0.25, 0.3) is 0 Å². The lowest BCUT2D eigenvalue weighted by Gasteiger charge is -2.14. The van der Waals surface area contributed by atoms with Gasteiger partial charge in [-0.3, -0.25) is 4.79 Å². The molecular formula is C16H14ClF3N2OS. The molecule has 8 heteroatoms. The molecule has 0 unspecified atom stereocenters. The summed E-state index contributed by atoms with van der Waals surface area (Å²) in [5, 5.41) is 1.71. The van der Waals surface area contributed by atoms with E-state index in [9.17, 15) is 18.0 Å². The fourth-order valence-corrected chi connectivity index (χ4v) is 1.95. The molecule has 0 aliphatic rings. The van der Waals surface area contributed by atoms with Gasteiger partial charge >= 0.3 is 6.18 Å². The van der Waals surface area contributed by atoms with Crippen LogP contribution in [-0.4, -0.2) is 10.4 Å². The summed E-state index contributed by atoms with van der Waals surface area (Å²) in [6.45, 7) is 1.69. The Kier molecular flexibility index (Phi) is 7.18. The Labute approximate surface area is 147 Å². The van der Waals surface area contributed by atoms with E-state index in [-0.39, 0.29) is 10.8 Å². The van der Waals surface area contributed by atoms with E-state index in [1.54, 1.807) is 31.2 Å². The molecule has 3 nitrogen and oxygen atoms in total. The summed E-state index contributed by atoms with van der Waals surface area (Å²) in [5.74, 6) is 0. The zero-order chi connectivity index (χ0) is 18.3. The first-order chi connectivity index (χ1) is 11.1. The van der Waals surface area contributed by atoms with Crippen molar-refractivity contribution in [2.24, 2.45) is 5.73 Å². The molecule has 0 fully saturated rings. The first kappa shape index (κ1) is 19.9. The molecule has 24 heavy (non-hydrogen) atoms. The number of nitrogens with one attached hydrogen (secondary N) is 1. The second-order valence-corrected chi connectivity index (χ2v) is 5.46. The summed E-state index contributed by atoms with van der Waals surface area (Å²) in [7, 11) is 0. The largest absolute Gasteiger partial charge is 0.418 e. The van der Waals surface area contributed by atoms with Crippen LogP contribution in [0.1, 0.15) is 21.5 Å². The van der Waals surface area contributed by atoms with Crippen molar-refractivity contribution in [1.29, 1.82) is 0 Å². The Morgan fingerprint density at radius 3 is 2.17 bits per heavy atom. The third-order valence-corrected chi connectivity index (χ3v) is 3.06. The Balaban J connectivity index is 0.000000272. The van der Waals surface area contributed by atoms with Gasteiger partial charge < -0.3 is 11.1 Å². The number of thiocarbonyl (C=S) groups is 1. The van der Waals surface area contributed by atoms with E-state index in [0.29, 0.717) is 11.1 Å². The van der Waals surface area contributed by atoms with Gasteiger partial charge in [0.1, 0.15) is 0 Å². The molecule has 0 radical (unpaired) electrons. The molecular weight excluding hydrogens is 361 g/mol. The van der Waals surface area contributed by atoms with E-state index in [0.717, 1.165) is 6.07 Å². The monoisotopic (exact) mass is 374 g/mol. The molecule has 0 saturated carbocycles. The van der Waals surface area contributed by atoms with Crippen molar-refractivity contribution in [2.75, 3.05) is 5.32 Å². The molecule has 0 saturated heterocycles. The van der Waals surface area contributed by atoms with Crippen molar-refractivity contribution >= 4 is 39.9 Å². The normalized spacial score (nSPS) is 10.4. The Morgan fingerprint density at radius 1 is 1.17 bits per heavy atom. The van der Waals surface area contributed by atoms with Crippen molar-refractivity contribution in [3.05, 3.63) is 65.2 Å². The molecule has 2 aromatic rings. The second kappa shape index (κ2) is 8.65. The number of carbonyl (C=O) groups is 1. The first-order valence-corrected chi connectivity index (χ1v) is 7.39. The van der Waals surface area contributed by atoms with Crippen LogP contribution < -0.4 is 11.1 Å². The highest BCUT2D eigenvalue weighted by molar-refractivity contribution is 7.80. The summed E-state index contributed by atoms with van der Waals surface area (Å²) in [6, 6.07) is 12.5. The molecule has 0 aliphatic heterocycles. The Bertz CT molecular complexity index is 721. The zero-order valence-corrected chi connectivity index (χ0v) is 14.1. The molecule has 3 N–H and O–H groups in total. The number of anilines is 1. The molecule has 2 rings (SSSR count).